The summed E-state index contributed by atoms with van der Waals surface area (Å²) in [5.74, 6) is -0.927. The van der Waals surface area contributed by atoms with E-state index in [4.69, 9.17) is 14.2 Å². The van der Waals surface area contributed by atoms with Gasteiger partial charge in [0.25, 0.3) is 0 Å². The van der Waals surface area contributed by atoms with Crippen molar-refractivity contribution in [3.63, 3.8) is 0 Å². The predicted molar refractivity (Wildman–Crippen MR) is 203 cm³/mol. The summed E-state index contributed by atoms with van der Waals surface area (Å²) in [6.07, 6.45) is 30.7. The van der Waals surface area contributed by atoms with Gasteiger partial charge in [-0.2, -0.15) is 0 Å². The van der Waals surface area contributed by atoms with Gasteiger partial charge in [-0.05, 0) is 12.8 Å². The zero-order chi connectivity index (χ0) is 36.5. The minimum absolute atomic E-state index is 0.185. The first-order valence-electron chi connectivity index (χ1n) is 21.4. The average Bonchev–Trinajstić information content (AvgIpc) is 3.11. The number of aliphatic hydroxyl groups excluding tert-OH is 3. The van der Waals surface area contributed by atoms with Crippen molar-refractivity contribution in [3.8, 4) is 0 Å². The number of aliphatic hydroxyl groups is 3. The third kappa shape index (κ3) is 25.7. The largest absolute Gasteiger partial charge is 0.463 e. The Labute approximate surface area is 307 Å². The maximum atomic E-state index is 12.4. The van der Waals surface area contributed by atoms with Crippen LogP contribution < -0.4 is 0 Å². The molecule has 0 saturated carbocycles. The topological polar surface area (TPSA) is 123 Å². The summed E-state index contributed by atoms with van der Waals surface area (Å²) < 4.78 is 15.9. The highest BCUT2D eigenvalue weighted by atomic mass is 16.7. The van der Waals surface area contributed by atoms with Gasteiger partial charge in [0, 0.05) is 12.8 Å². The quantitative estimate of drug-likeness (QED) is 0.0438. The van der Waals surface area contributed by atoms with Gasteiger partial charge in [-0.15, -0.1) is 0 Å². The van der Waals surface area contributed by atoms with Crippen LogP contribution in [0.4, 0.5) is 0 Å². The molecule has 1 aliphatic rings. The Morgan fingerprint density at radius 3 is 1.14 bits per heavy atom. The highest BCUT2D eigenvalue weighted by Gasteiger charge is 2.46. The molecule has 1 saturated heterocycles. The first-order chi connectivity index (χ1) is 24.4. The number of hydrogen-bond acceptors (Lipinski definition) is 8. The lowest BCUT2D eigenvalue weighted by molar-refractivity contribution is -0.291. The molecule has 0 aromatic carbocycles. The Balaban J connectivity index is 2.02. The SMILES string of the molecule is CCCCCCCCCCCCCCCCCC(=O)OC[C@H]1O[C@@H](O)[C@H](OC(=O)CCCCCCCCCCCCCCCCC)[C@@H](O)[C@@H]1O. The molecule has 8 heteroatoms. The smallest absolute Gasteiger partial charge is 0.306 e. The summed E-state index contributed by atoms with van der Waals surface area (Å²) in [6, 6.07) is 0. The zero-order valence-corrected chi connectivity index (χ0v) is 32.6. The van der Waals surface area contributed by atoms with Gasteiger partial charge >= 0.3 is 11.9 Å². The molecule has 8 nitrogen and oxygen atoms in total. The first-order valence-corrected chi connectivity index (χ1v) is 21.4. The van der Waals surface area contributed by atoms with Crippen molar-refractivity contribution in [2.45, 2.75) is 250 Å². The highest BCUT2D eigenvalue weighted by Crippen LogP contribution is 2.24. The number of unbranched alkanes of at least 4 members (excludes halogenated alkanes) is 28. The van der Waals surface area contributed by atoms with Gasteiger partial charge in [-0.1, -0.05) is 194 Å². The maximum absolute atomic E-state index is 12.4. The van der Waals surface area contributed by atoms with Crippen molar-refractivity contribution in [1.29, 1.82) is 0 Å². The van der Waals surface area contributed by atoms with E-state index in [1.165, 1.54) is 148 Å². The second-order valence-corrected chi connectivity index (χ2v) is 15.1. The Morgan fingerprint density at radius 2 is 0.780 bits per heavy atom. The molecular formula is C42H80O8. The number of carbonyl (C=O) groups excluding carboxylic acids is 2. The third-order valence-corrected chi connectivity index (χ3v) is 10.3. The van der Waals surface area contributed by atoms with Gasteiger partial charge in [0.1, 0.15) is 24.9 Å². The number of esters is 2. The number of hydrogen-bond donors (Lipinski definition) is 3. The Bertz CT molecular complexity index is 775. The lowest BCUT2D eigenvalue weighted by atomic mass is 9.99. The molecule has 5 atom stereocenters. The number of ether oxygens (including phenoxy) is 3. The van der Waals surface area contributed by atoms with Crippen molar-refractivity contribution in [2.24, 2.45) is 0 Å². The van der Waals surface area contributed by atoms with E-state index < -0.39 is 42.6 Å². The van der Waals surface area contributed by atoms with E-state index >= 15 is 0 Å². The monoisotopic (exact) mass is 713 g/mol. The molecule has 0 aromatic rings. The molecule has 0 amide bonds. The van der Waals surface area contributed by atoms with Crippen LogP contribution in [0.25, 0.3) is 0 Å². The molecule has 0 aromatic heterocycles. The van der Waals surface area contributed by atoms with E-state index in [1.54, 1.807) is 0 Å². The van der Waals surface area contributed by atoms with E-state index in [0.717, 1.165) is 38.5 Å². The predicted octanol–water partition coefficient (Wildman–Crippen LogP) is 10.4. The summed E-state index contributed by atoms with van der Waals surface area (Å²) in [6.45, 7) is 4.23. The van der Waals surface area contributed by atoms with Crippen LogP contribution >= 0.6 is 0 Å². The first kappa shape index (κ1) is 46.8. The fourth-order valence-corrected chi connectivity index (χ4v) is 6.93. The summed E-state index contributed by atoms with van der Waals surface area (Å²) >= 11 is 0. The second kappa shape index (κ2) is 33.6. The van der Waals surface area contributed by atoms with E-state index in [9.17, 15) is 24.9 Å². The number of carbonyl (C=O) groups is 2. The lowest BCUT2D eigenvalue weighted by Gasteiger charge is -2.39. The molecule has 1 rings (SSSR count). The van der Waals surface area contributed by atoms with Gasteiger partial charge in [0.05, 0.1) is 0 Å². The lowest BCUT2D eigenvalue weighted by Crippen LogP contribution is -2.60. The normalized spacial score (nSPS) is 20.6. The van der Waals surface area contributed by atoms with Crippen molar-refractivity contribution >= 4 is 11.9 Å². The minimum atomic E-state index is -1.61. The summed E-state index contributed by atoms with van der Waals surface area (Å²) in [5.41, 5.74) is 0. The van der Waals surface area contributed by atoms with E-state index in [-0.39, 0.29) is 19.4 Å². The molecule has 0 radical (unpaired) electrons. The van der Waals surface area contributed by atoms with Crippen LogP contribution in [0.5, 0.6) is 0 Å². The maximum Gasteiger partial charge on any atom is 0.306 e. The molecule has 0 bridgehead atoms. The van der Waals surface area contributed by atoms with Crippen LogP contribution in [-0.4, -0.2) is 64.6 Å². The van der Waals surface area contributed by atoms with Gasteiger partial charge in [0.15, 0.2) is 12.4 Å². The van der Waals surface area contributed by atoms with E-state index in [1.807, 2.05) is 0 Å². The van der Waals surface area contributed by atoms with Crippen LogP contribution in [0, 0.1) is 0 Å². The minimum Gasteiger partial charge on any atom is -0.463 e. The van der Waals surface area contributed by atoms with E-state index in [2.05, 4.69) is 13.8 Å². The second-order valence-electron chi connectivity index (χ2n) is 15.1. The Hall–Kier alpha value is -1.22. The van der Waals surface area contributed by atoms with Crippen LogP contribution in [0.2, 0.25) is 0 Å². The average molecular weight is 713 g/mol. The van der Waals surface area contributed by atoms with Gasteiger partial charge in [-0.25, -0.2) is 0 Å². The standard InChI is InChI=1S/C42H80O8/c1-3-5-7-9-11-13-15-17-19-21-23-25-27-29-31-33-37(43)48-35-36-39(45)40(46)41(42(47)49-36)50-38(44)34-32-30-28-26-24-22-20-18-16-14-12-10-8-6-4-2/h36,39-42,45-47H,3-35H2,1-2H3/t36-,39-,40+,41-,42-/m1/s1. The molecule has 0 spiro atoms. The third-order valence-electron chi connectivity index (χ3n) is 10.3. The summed E-state index contributed by atoms with van der Waals surface area (Å²) in [7, 11) is 0. The van der Waals surface area contributed by atoms with Gasteiger partial charge in [0.2, 0.25) is 0 Å². The molecule has 1 fully saturated rings. The fourth-order valence-electron chi connectivity index (χ4n) is 6.93. The van der Waals surface area contributed by atoms with Crippen molar-refractivity contribution < 1.29 is 39.1 Å². The van der Waals surface area contributed by atoms with E-state index in [0.29, 0.717) is 6.42 Å². The Morgan fingerprint density at radius 1 is 0.460 bits per heavy atom. The van der Waals surface area contributed by atoms with Crippen molar-refractivity contribution in [2.75, 3.05) is 6.61 Å². The van der Waals surface area contributed by atoms with Gasteiger partial charge < -0.3 is 29.5 Å². The summed E-state index contributed by atoms with van der Waals surface area (Å²) in [4.78, 5) is 24.6. The Kier molecular flexibility index (Phi) is 31.5. The molecule has 296 valence electrons. The summed E-state index contributed by atoms with van der Waals surface area (Å²) in [5, 5.41) is 31.4. The molecule has 50 heavy (non-hydrogen) atoms. The molecule has 0 unspecified atom stereocenters. The number of rotatable bonds is 35. The zero-order valence-electron chi connectivity index (χ0n) is 32.6. The molecular weight excluding hydrogens is 632 g/mol. The molecule has 1 aliphatic heterocycles. The molecule has 3 N–H and O–H groups in total. The molecule has 1 heterocycles. The van der Waals surface area contributed by atoms with Crippen LogP contribution in [0.15, 0.2) is 0 Å². The van der Waals surface area contributed by atoms with Gasteiger partial charge in [-0.3, -0.25) is 9.59 Å². The van der Waals surface area contributed by atoms with Crippen LogP contribution in [0.3, 0.4) is 0 Å². The highest BCUT2D eigenvalue weighted by molar-refractivity contribution is 5.69. The fraction of sp³-hybridized carbons (Fsp3) is 0.952. The molecule has 0 aliphatic carbocycles. The van der Waals surface area contributed by atoms with Crippen LogP contribution in [-0.2, 0) is 23.8 Å². The van der Waals surface area contributed by atoms with Crippen molar-refractivity contribution in [1.82, 2.24) is 0 Å². The van der Waals surface area contributed by atoms with Crippen LogP contribution in [0.1, 0.15) is 219 Å². The van der Waals surface area contributed by atoms with Crippen molar-refractivity contribution in [3.05, 3.63) is 0 Å².